The minimum absolute atomic E-state index is 0.178. The highest BCUT2D eigenvalue weighted by Gasteiger charge is 2.08. The van der Waals surface area contributed by atoms with Crippen molar-refractivity contribution in [3.63, 3.8) is 0 Å². The second kappa shape index (κ2) is 5.42. The van der Waals surface area contributed by atoms with E-state index in [2.05, 4.69) is 44.1 Å². The molecule has 2 nitrogen and oxygen atoms in total. The first-order valence-electron chi connectivity index (χ1n) is 5.35. The van der Waals surface area contributed by atoms with Gasteiger partial charge in [0.2, 0.25) is 0 Å². The topological polar surface area (TPSA) is 24.9 Å². The van der Waals surface area contributed by atoms with E-state index >= 15 is 0 Å². The van der Waals surface area contributed by atoms with Crippen LogP contribution in [-0.2, 0) is 0 Å². The Hall–Kier alpha value is -0.670. The van der Waals surface area contributed by atoms with Crippen LogP contribution in [0.4, 0.5) is 0 Å². The molecule has 0 bridgehead atoms. The van der Waals surface area contributed by atoms with E-state index in [0.717, 1.165) is 18.0 Å². The zero-order valence-electron chi connectivity index (χ0n) is 10.0. The van der Waals surface area contributed by atoms with E-state index in [-0.39, 0.29) is 5.54 Å². The van der Waals surface area contributed by atoms with Crippen LogP contribution in [0.1, 0.15) is 39.1 Å². The van der Waals surface area contributed by atoms with E-state index in [9.17, 15) is 0 Å². The molecule has 0 unspecified atom stereocenters. The van der Waals surface area contributed by atoms with Gasteiger partial charge in [-0.15, -0.1) is 11.3 Å². The zero-order chi connectivity index (χ0) is 11.3. The summed E-state index contributed by atoms with van der Waals surface area (Å²) in [6.07, 6.45) is 5.10. The van der Waals surface area contributed by atoms with Crippen molar-refractivity contribution in [2.75, 3.05) is 6.54 Å². The maximum Gasteiger partial charge on any atom is 0.115 e. The summed E-state index contributed by atoms with van der Waals surface area (Å²) in [5.41, 5.74) is 1.58. The molecule has 0 aromatic carbocycles. The van der Waals surface area contributed by atoms with Gasteiger partial charge in [-0.25, -0.2) is 4.98 Å². The quantitative estimate of drug-likeness (QED) is 0.848. The predicted molar refractivity (Wildman–Crippen MR) is 68.1 cm³/mol. The number of rotatable bonds is 4. The van der Waals surface area contributed by atoms with Gasteiger partial charge in [0.15, 0.2) is 0 Å². The fourth-order valence-corrected chi connectivity index (χ4v) is 1.75. The second-order valence-electron chi connectivity index (χ2n) is 4.63. The molecule has 1 rings (SSSR count). The van der Waals surface area contributed by atoms with Gasteiger partial charge in [-0.3, -0.25) is 0 Å². The normalized spacial score (nSPS) is 13.2. The highest BCUT2D eigenvalue weighted by atomic mass is 32.1. The van der Waals surface area contributed by atoms with Crippen molar-refractivity contribution < 1.29 is 0 Å². The van der Waals surface area contributed by atoms with Gasteiger partial charge in [-0.1, -0.05) is 12.5 Å². The van der Waals surface area contributed by atoms with E-state index in [4.69, 9.17) is 0 Å². The van der Waals surface area contributed by atoms with Crippen LogP contribution in [-0.4, -0.2) is 17.1 Å². The summed E-state index contributed by atoms with van der Waals surface area (Å²) in [4.78, 5) is 4.26. The van der Waals surface area contributed by atoms with Crippen molar-refractivity contribution in [2.24, 2.45) is 0 Å². The molecule has 1 aromatic rings. The average Bonchev–Trinajstić information content (AvgIpc) is 2.63. The van der Waals surface area contributed by atoms with Gasteiger partial charge in [0.05, 0.1) is 0 Å². The summed E-state index contributed by atoms with van der Waals surface area (Å²) in [5, 5.41) is 6.60. The molecule has 1 aromatic heterocycles. The van der Waals surface area contributed by atoms with Crippen molar-refractivity contribution in [1.82, 2.24) is 10.3 Å². The lowest BCUT2D eigenvalue weighted by molar-refractivity contribution is 0.443. The summed E-state index contributed by atoms with van der Waals surface area (Å²) in [7, 11) is 0. The third kappa shape index (κ3) is 5.09. The number of hydrogen-bond acceptors (Lipinski definition) is 3. The van der Waals surface area contributed by atoms with Gasteiger partial charge in [0.1, 0.15) is 5.01 Å². The largest absolute Gasteiger partial charge is 0.308 e. The number of thiazole rings is 1. The molecule has 0 amide bonds. The van der Waals surface area contributed by atoms with Crippen LogP contribution in [0.3, 0.4) is 0 Å². The number of hydrogen-bond donors (Lipinski definition) is 1. The standard InChI is InChI=1S/C12H20N2S/c1-5-10(9-14-12(2,3)4)8-11-13-6-7-15-11/h6-8,14H,5,9H2,1-4H3/b10-8-. The molecule has 0 radical (unpaired) electrons. The molecule has 0 spiro atoms. The van der Waals surface area contributed by atoms with Crippen LogP contribution in [0.5, 0.6) is 0 Å². The Bertz CT molecular complexity index is 307. The lowest BCUT2D eigenvalue weighted by atomic mass is 10.1. The molecule has 0 saturated heterocycles. The van der Waals surface area contributed by atoms with Gasteiger partial charge >= 0.3 is 0 Å². The summed E-state index contributed by atoms with van der Waals surface area (Å²) in [6, 6.07) is 0. The molecule has 15 heavy (non-hydrogen) atoms. The van der Waals surface area contributed by atoms with Crippen molar-refractivity contribution in [3.05, 3.63) is 22.2 Å². The van der Waals surface area contributed by atoms with Gasteiger partial charge in [0, 0.05) is 23.7 Å². The van der Waals surface area contributed by atoms with E-state index in [1.54, 1.807) is 11.3 Å². The lowest BCUT2D eigenvalue weighted by Crippen LogP contribution is -2.36. The van der Waals surface area contributed by atoms with Crippen LogP contribution in [0, 0.1) is 0 Å². The molecular formula is C12H20N2S. The highest BCUT2D eigenvalue weighted by Crippen LogP contribution is 2.12. The van der Waals surface area contributed by atoms with Crippen LogP contribution in [0.25, 0.3) is 6.08 Å². The van der Waals surface area contributed by atoms with Crippen molar-refractivity contribution in [2.45, 2.75) is 39.7 Å². The minimum Gasteiger partial charge on any atom is -0.308 e. The molecule has 3 heteroatoms. The SMILES string of the molecule is CC/C(=C/c1nccs1)CNC(C)(C)C. The Morgan fingerprint density at radius 3 is 2.73 bits per heavy atom. The van der Waals surface area contributed by atoms with Crippen LogP contribution >= 0.6 is 11.3 Å². The fourth-order valence-electron chi connectivity index (χ4n) is 1.14. The van der Waals surface area contributed by atoms with Crippen molar-refractivity contribution in [1.29, 1.82) is 0 Å². The maximum atomic E-state index is 4.26. The third-order valence-corrected chi connectivity index (χ3v) is 2.80. The Balaban J connectivity index is 2.57. The Labute approximate surface area is 96.4 Å². The van der Waals surface area contributed by atoms with Crippen LogP contribution < -0.4 is 5.32 Å². The van der Waals surface area contributed by atoms with Gasteiger partial charge in [0.25, 0.3) is 0 Å². The Kier molecular flexibility index (Phi) is 4.48. The fraction of sp³-hybridized carbons (Fsp3) is 0.583. The van der Waals surface area contributed by atoms with Gasteiger partial charge in [-0.2, -0.15) is 0 Å². The summed E-state index contributed by atoms with van der Waals surface area (Å²) >= 11 is 1.68. The molecule has 0 aliphatic rings. The Morgan fingerprint density at radius 2 is 2.27 bits per heavy atom. The number of nitrogens with one attached hydrogen (secondary N) is 1. The van der Waals surface area contributed by atoms with Crippen molar-refractivity contribution >= 4 is 17.4 Å². The van der Waals surface area contributed by atoms with E-state index in [1.165, 1.54) is 5.57 Å². The lowest BCUT2D eigenvalue weighted by Gasteiger charge is -2.21. The monoisotopic (exact) mass is 224 g/mol. The molecule has 0 aliphatic heterocycles. The second-order valence-corrected chi connectivity index (χ2v) is 5.56. The number of aromatic nitrogens is 1. The number of nitrogens with zero attached hydrogens (tertiary/aromatic N) is 1. The first kappa shape index (κ1) is 12.4. The first-order chi connectivity index (χ1) is 7.01. The predicted octanol–water partition coefficient (Wildman–Crippen LogP) is 3.32. The molecule has 0 atom stereocenters. The van der Waals surface area contributed by atoms with Gasteiger partial charge < -0.3 is 5.32 Å². The van der Waals surface area contributed by atoms with E-state index in [0.29, 0.717) is 0 Å². The molecule has 1 N–H and O–H groups in total. The molecule has 0 saturated carbocycles. The average molecular weight is 224 g/mol. The Morgan fingerprint density at radius 1 is 1.53 bits per heavy atom. The molecule has 1 heterocycles. The third-order valence-electron chi connectivity index (χ3n) is 2.08. The summed E-state index contributed by atoms with van der Waals surface area (Å²) in [6.45, 7) is 9.68. The summed E-state index contributed by atoms with van der Waals surface area (Å²) < 4.78 is 0. The molecular weight excluding hydrogens is 204 g/mol. The van der Waals surface area contributed by atoms with Crippen LogP contribution in [0.2, 0.25) is 0 Å². The van der Waals surface area contributed by atoms with Crippen LogP contribution in [0.15, 0.2) is 17.2 Å². The summed E-state index contributed by atoms with van der Waals surface area (Å²) in [5.74, 6) is 0. The molecule has 0 aliphatic carbocycles. The highest BCUT2D eigenvalue weighted by molar-refractivity contribution is 7.10. The van der Waals surface area contributed by atoms with E-state index in [1.807, 2.05) is 11.6 Å². The smallest absolute Gasteiger partial charge is 0.115 e. The van der Waals surface area contributed by atoms with Crippen molar-refractivity contribution in [3.8, 4) is 0 Å². The van der Waals surface area contributed by atoms with Gasteiger partial charge in [-0.05, 0) is 33.3 Å². The van der Waals surface area contributed by atoms with E-state index < -0.39 is 0 Å². The first-order valence-corrected chi connectivity index (χ1v) is 6.23. The maximum absolute atomic E-state index is 4.26. The molecule has 0 fully saturated rings. The zero-order valence-corrected chi connectivity index (χ0v) is 10.8. The minimum atomic E-state index is 0.178. The molecule has 84 valence electrons.